The minimum atomic E-state index is -0.670. The molecule has 0 unspecified atom stereocenters. The molecule has 164 valence electrons. The molecule has 0 bridgehead atoms. The molecule has 1 aliphatic heterocycles. The number of rotatable bonds is 6. The molecule has 0 saturated carbocycles. The molecule has 2 N–H and O–H groups in total. The van der Waals surface area contributed by atoms with Crippen LogP contribution < -0.4 is 10.6 Å². The second-order valence-electron chi connectivity index (χ2n) is 7.78. The number of carbonyl (C=O) groups excluding carboxylic acids is 2. The van der Waals surface area contributed by atoms with Gasteiger partial charge in [-0.25, -0.2) is 0 Å². The van der Waals surface area contributed by atoms with Crippen molar-refractivity contribution in [1.82, 2.24) is 10.3 Å². The van der Waals surface area contributed by atoms with Crippen molar-refractivity contribution < 1.29 is 14.3 Å². The molecule has 0 aliphatic carbocycles. The van der Waals surface area contributed by atoms with Crippen molar-refractivity contribution in [3.63, 3.8) is 0 Å². The molecule has 1 aliphatic rings. The summed E-state index contributed by atoms with van der Waals surface area (Å²) in [6.45, 7) is 1.40. The van der Waals surface area contributed by atoms with E-state index in [9.17, 15) is 9.59 Å². The summed E-state index contributed by atoms with van der Waals surface area (Å²) in [5, 5.41) is 6.57. The Hall–Kier alpha value is -3.22. The Morgan fingerprint density at radius 2 is 1.75 bits per heavy atom. The van der Waals surface area contributed by atoms with Crippen molar-refractivity contribution in [3.8, 4) is 0 Å². The van der Waals surface area contributed by atoms with E-state index in [1.54, 1.807) is 24.5 Å². The maximum absolute atomic E-state index is 13.4. The van der Waals surface area contributed by atoms with Crippen LogP contribution in [0, 0.1) is 0 Å². The number of hydrogen-bond acceptors (Lipinski definition) is 4. The van der Waals surface area contributed by atoms with Crippen molar-refractivity contribution in [1.29, 1.82) is 0 Å². The standard InChI is InChI=1S/C25H24ClN3O3/c26-21-5-2-4-20(16-21)25(9-13-32-14-10-25)24(31)28-17-18-3-1-6-22(15-18)29-23(30)19-7-11-27-12-8-19/h1-8,11-12,15-16H,9-10,13-14,17H2,(H,28,31)(H,29,30). The van der Waals surface area contributed by atoms with Gasteiger partial charge in [0.25, 0.3) is 5.91 Å². The van der Waals surface area contributed by atoms with E-state index < -0.39 is 5.41 Å². The van der Waals surface area contributed by atoms with Gasteiger partial charge in [0, 0.05) is 48.4 Å². The molecule has 0 atom stereocenters. The van der Waals surface area contributed by atoms with Crippen LogP contribution in [0.15, 0.2) is 73.1 Å². The van der Waals surface area contributed by atoms with Crippen molar-refractivity contribution in [2.75, 3.05) is 18.5 Å². The Morgan fingerprint density at radius 1 is 1.00 bits per heavy atom. The number of aromatic nitrogens is 1. The Labute approximate surface area is 192 Å². The lowest BCUT2D eigenvalue weighted by Crippen LogP contribution is -2.47. The fraction of sp³-hybridized carbons (Fsp3) is 0.240. The lowest BCUT2D eigenvalue weighted by Gasteiger charge is -2.36. The molecule has 6 nitrogen and oxygen atoms in total. The number of pyridine rings is 1. The summed E-state index contributed by atoms with van der Waals surface area (Å²) in [7, 11) is 0. The van der Waals surface area contributed by atoms with E-state index in [-0.39, 0.29) is 11.8 Å². The first-order valence-electron chi connectivity index (χ1n) is 10.5. The fourth-order valence-electron chi connectivity index (χ4n) is 3.97. The average molecular weight is 450 g/mol. The van der Waals surface area contributed by atoms with Gasteiger partial charge >= 0.3 is 0 Å². The minimum Gasteiger partial charge on any atom is -0.381 e. The first kappa shape index (κ1) is 22.0. The molecule has 4 rings (SSSR count). The fourth-order valence-corrected chi connectivity index (χ4v) is 4.16. The molecular weight excluding hydrogens is 426 g/mol. The summed E-state index contributed by atoms with van der Waals surface area (Å²) in [6.07, 6.45) is 4.35. The zero-order valence-corrected chi connectivity index (χ0v) is 18.3. The maximum Gasteiger partial charge on any atom is 0.255 e. The quantitative estimate of drug-likeness (QED) is 0.586. The van der Waals surface area contributed by atoms with Gasteiger partial charge in [-0.15, -0.1) is 0 Å². The number of halogens is 1. The number of nitrogens with one attached hydrogen (secondary N) is 2. The molecule has 2 heterocycles. The highest BCUT2D eigenvalue weighted by Gasteiger charge is 2.41. The molecule has 1 aromatic heterocycles. The predicted molar refractivity (Wildman–Crippen MR) is 124 cm³/mol. The predicted octanol–water partition coefficient (Wildman–Crippen LogP) is 4.35. The summed E-state index contributed by atoms with van der Waals surface area (Å²) in [4.78, 5) is 29.7. The largest absolute Gasteiger partial charge is 0.381 e. The number of benzene rings is 2. The second-order valence-corrected chi connectivity index (χ2v) is 8.21. The first-order chi connectivity index (χ1) is 15.6. The monoisotopic (exact) mass is 449 g/mol. The average Bonchev–Trinajstić information content (AvgIpc) is 2.84. The highest BCUT2D eigenvalue weighted by Crippen LogP contribution is 2.36. The van der Waals surface area contributed by atoms with Gasteiger partial charge in [-0.2, -0.15) is 0 Å². The Balaban J connectivity index is 1.46. The molecule has 7 heteroatoms. The van der Waals surface area contributed by atoms with E-state index >= 15 is 0 Å². The topological polar surface area (TPSA) is 80.3 Å². The molecule has 0 spiro atoms. The lowest BCUT2D eigenvalue weighted by atomic mass is 9.73. The zero-order valence-electron chi connectivity index (χ0n) is 17.5. The number of nitrogens with zero attached hydrogens (tertiary/aromatic N) is 1. The van der Waals surface area contributed by atoms with Crippen LogP contribution in [-0.2, 0) is 21.5 Å². The second kappa shape index (κ2) is 9.94. The van der Waals surface area contributed by atoms with Gasteiger partial charge in [-0.3, -0.25) is 14.6 Å². The van der Waals surface area contributed by atoms with Crippen LogP contribution >= 0.6 is 11.6 Å². The molecule has 0 radical (unpaired) electrons. The molecule has 1 fully saturated rings. The van der Waals surface area contributed by atoms with Crippen LogP contribution in [0.1, 0.15) is 34.3 Å². The molecule has 2 amide bonds. The van der Waals surface area contributed by atoms with Crippen LogP contribution in [0.25, 0.3) is 0 Å². The number of amides is 2. The van der Waals surface area contributed by atoms with E-state index in [1.807, 2.05) is 48.5 Å². The van der Waals surface area contributed by atoms with Crippen LogP contribution in [0.2, 0.25) is 5.02 Å². The van der Waals surface area contributed by atoms with E-state index in [1.165, 1.54) is 0 Å². The van der Waals surface area contributed by atoms with Crippen molar-refractivity contribution in [2.45, 2.75) is 24.8 Å². The molecule has 1 saturated heterocycles. The molecule has 2 aromatic carbocycles. The summed E-state index contributed by atoms with van der Waals surface area (Å²) >= 11 is 6.21. The molecular formula is C25H24ClN3O3. The van der Waals surface area contributed by atoms with Gasteiger partial charge in [0.1, 0.15) is 0 Å². The zero-order chi connectivity index (χ0) is 22.4. The summed E-state index contributed by atoms with van der Waals surface area (Å²) in [5.41, 5.74) is 2.32. The summed E-state index contributed by atoms with van der Waals surface area (Å²) in [5.74, 6) is -0.259. The van der Waals surface area contributed by atoms with Gasteiger partial charge in [0.2, 0.25) is 5.91 Å². The van der Waals surface area contributed by atoms with Gasteiger partial charge < -0.3 is 15.4 Å². The van der Waals surface area contributed by atoms with E-state index in [0.29, 0.717) is 48.9 Å². The van der Waals surface area contributed by atoms with Crippen LogP contribution in [-0.4, -0.2) is 30.0 Å². The molecule has 32 heavy (non-hydrogen) atoms. The van der Waals surface area contributed by atoms with Crippen LogP contribution in [0.4, 0.5) is 5.69 Å². The van der Waals surface area contributed by atoms with E-state index in [2.05, 4.69) is 15.6 Å². The third-order valence-electron chi connectivity index (χ3n) is 5.74. The third-order valence-corrected chi connectivity index (χ3v) is 5.97. The van der Waals surface area contributed by atoms with Gasteiger partial charge in [-0.1, -0.05) is 35.9 Å². The maximum atomic E-state index is 13.4. The van der Waals surface area contributed by atoms with E-state index in [4.69, 9.17) is 16.3 Å². The number of anilines is 1. The highest BCUT2D eigenvalue weighted by molar-refractivity contribution is 6.30. The Morgan fingerprint density at radius 3 is 2.50 bits per heavy atom. The number of carbonyl (C=O) groups is 2. The number of hydrogen-bond donors (Lipinski definition) is 2. The molecule has 3 aromatic rings. The van der Waals surface area contributed by atoms with Crippen molar-refractivity contribution >= 4 is 29.1 Å². The summed E-state index contributed by atoms with van der Waals surface area (Å²) in [6, 6.07) is 18.2. The highest BCUT2D eigenvalue weighted by atomic mass is 35.5. The smallest absolute Gasteiger partial charge is 0.255 e. The first-order valence-corrected chi connectivity index (χ1v) is 10.9. The van der Waals surface area contributed by atoms with Gasteiger partial charge in [0.15, 0.2) is 0 Å². The normalized spacial score (nSPS) is 15.0. The number of ether oxygens (including phenoxy) is 1. The minimum absolute atomic E-state index is 0.0470. The van der Waals surface area contributed by atoms with Gasteiger partial charge in [0.05, 0.1) is 5.41 Å². The SMILES string of the molecule is O=C(Nc1cccc(CNC(=O)C2(c3cccc(Cl)c3)CCOCC2)c1)c1ccncc1. The van der Waals surface area contributed by atoms with Crippen LogP contribution in [0.5, 0.6) is 0 Å². The Bertz CT molecular complexity index is 1100. The van der Waals surface area contributed by atoms with Crippen LogP contribution in [0.3, 0.4) is 0 Å². The van der Waals surface area contributed by atoms with E-state index in [0.717, 1.165) is 11.1 Å². The summed E-state index contributed by atoms with van der Waals surface area (Å²) < 4.78 is 5.52. The van der Waals surface area contributed by atoms with Gasteiger partial charge in [-0.05, 0) is 60.4 Å². The Kier molecular flexibility index (Phi) is 6.83. The van der Waals surface area contributed by atoms with Crippen molar-refractivity contribution in [3.05, 3.63) is 94.8 Å². The van der Waals surface area contributed by atoms with Crippen molar-refractivity contribution in [2.24, 2.45) is 0 Å². The third kappa shape index (κ3) is 4.98. The lowest BCUT2D eigenvalue weighted by molar-refractivity contribution is -0.130.